The Morgan fingerprint density at radius 1 is 0.967 bits per heavy atom. The molecule has 2 N–H and O–H groups in total. The van der Waals surface area contributed by atoms with Crippen LogP contribution in [0.1, 0.15) is 17.3 Å². The van der Waals surface area contributed by atoms with Crippen LogP contribution in [-0.4, -0.2) is 17.0 Å². The van der Waals surface area contributed by atoms with Gasteiger partial charge in [0.1, 0.15) is 11.5 Å². The Morgan fingerprint density at radius 3 is 2.27 bits per heavy atom. The van der Waals surface area contributed by atoms with E-state index in [1.54, 1.807) is 31.2 Å². The smallest absolute Gasteiger partial charge is 0.337 e. The van der Waals surface area contributed by atoms with Gasteiger partial charge in [0.2, 0.25) is 0 Å². The van der Waals surface area contributed by atoms with E-state index in [-0.39, 0.29) is 11.3 Å². The molecule has 3 aromatic rings. The summed E-state index contributed by atoms with van der Waals surface area (Å²) >= 11 is 0. The highest BCUT2D eigenvalue weighted by molar-refractivity contribution is 5.99. The number of fused-ring (bicyclic) bond motifs is 1. The summed E-state index contributed by atoms with van der Waals surface area (Å²) in [5, 5.41) is 14.1. The van der Waals surface area contributed by atoms with Gasteiger partial charge in [-0.25, -0.2) is 4.79 Å². The topological polar surface area (TPSA) is 75.6 Å². The van der Waals surface area contributed by atoms with Crippen molar-refractivity contribution in [1.82, 2.24) is 5.32 Å². The molecule has 0 fully saturated rings. The molecule has 0 unspecified atom stereocenters. The Labute approximate surface area is 174 Å². The molecule has 0 bridgehead atoms. The predicted octanol–water partition coefficient (Wildman–Crippen LogP) is 5.46. The van der Waals surface area contributed by atoms with Crippen LogP contribution in [0.4, 0.5) is 0 Å². The maximum atomic E-state index is 12.5. The lowest BCUT2D eigenvalue weighted by Gasteiger charge is -2.11. The summed E-state index contributed by atoms with van der Waals surface area (Å²) in [4.78, 5) is 23.9. The van der Waals surface area contributed by atoms with Gasteiger partial charge in [-0.15, -0.1) is 0 Å². The number of carbonyl (C=O) groups is 2. The summed E-state index contributed by atoms with van der Waals surface area (Å²) in [7, 11) is 0. The summed E-state index contributed by atoms with van der Waals surface area (Å²) in [6.45, 7) is 5.15. The minimum atomic E-state index is -1.15. The van der Waals surface area contributed by atoms with Gasteiger partial charge in [0.25, 0.3) is 5.91 Å². The third kappa shape index (κ3) is 4.83. The Bertz CT molecular complexity index is 1160. The van der Waals surface area contributed by atoms with E-state index in [0.717, 1.165) is 10.8 Å². The number of rotatable bonds is 7. The quantitative estimate of drug-likeness (QED) is 0.408. The van der Waals surface area contributed by atoms with Gasteiger partial charge in [-0.05, 0) is 60.2 Å². The van der Waals surface area contributed by atoms with Crippen molar-refractivity contribution < 1.29 is 19.4 Å². The van der Waals surface area contributed by atoms with Crippen molar-refractivity contribution in [3.8, 4) is 11.5 Å². The normalized spacial score (nSPS) is 11.8. The van der Waals surface area contributed by atoms with Crippen molar-refractivity contribution in [2.24, 2.45) is 0 Å². The molecule has 0 heterocycles. The second-order valence-corrected chi connectivity index (χ2v) is 6.41. The molecule has 0 aromatic heterocycles. The zero-order valence-corrected chi connectivity index (χ0v) is 16.5. The lowest BCUT2D eigenvalue weighted by Crippen LogP contribution is -2.25. The fraction of sp³-hybridized carbons (Fsp3) is 0.0400. The lowest BCUT2D eigenvalue weighted by molar-refractivity contribution is -0.132. The molecule has 0 aliphatic carbocycles. The minimum absolute atomic E-state index is 0.0443. The number of carbonyl (C=O) groups excluding carboxylic acids is 1. The molecule has 0 spiro atoms. The Balaban J connectivity index is 1.72. The van der Waals surface area contributed by atoms with E-state index >= 15 is 0 Å². The van der Waals surface area contributed by atoms with E-state index in [2.05, 4.69) is 11.9 Å². The van der Waals surface area contributed by atoms with E-state index < -0.39 is 11.9 Å². The summed E-state index contributed by atoms with van der Waals surface area (Å²) in [6.07, 6.45) is 4.22. The number of benzene rings is 3. The molecule has 3 aromatic carbocycles. The van der Waals surface area contributed by atoms with E-state index in [0.29, 0.717) is 17.1 Å². The molecule has 0 radical (unpaired) electrons. The summed E-state index contributed by atoms with van der Waals surface area (Å²) < 4.78 is 5.88. The monoisotopic (exact) mass is 399 g/mol. The van der Waals surface area contributed by atoms with Gasteiger partial charge in [-0.1, -0.05) is 49.1 Å². The Kier molecular flexibility index (Phi) is 6.45. The van der Waals surface area contributed by atoms with Crippen LogP contribution in [0, 0.1) is 0 Å². The molecular formula is C25H21NO4. The maximum absolute atomic E-state index is 12.5. The zero-order chi connectivity index (χ0) is 21.5. The largest absolute Gasteiger partial charge is 0.478 e. The molecule has 0 saturated carbocycles. The van der Waals surface area contributed by atoms with Crippen LogP contribution in [0.3, 0.4) is 0 Å². The van der Waals surface area contributed by atoms with Gasteiger partial charge >= 0.3 is 5.97 Å². The number of amides is 1. The first-order valence-electron chi connectivity index (χ1n) is 9.32. The molecule has 1 amide bonds. The minimum Gasteiger partial charge on any atom is -0.478 e. The summed E-state index contributed by atoms with van der Waals surface area (Å²) in [5.41, 5.74) is 0.532. The van der Waals surface area contributed by atoms with E-state index in [9.17, 15) is 14.7 Å². The third-order valence-electron chi connectivity index (χ3n) is 4.42. The Hall–Kier alpha value is -4.12. The van der Waals surface area contributed by atoms with Crippen LogP contribution in [0.2, 0.25) is 0 Å². The van der Waals surface area contributed by atoms with Crippen LogP contribution in [-0.2, 0) is 4.79 Å². The first-order chi connectivity index (χ1) is 14.5. The molecular weight excluding hydrogens is 378 g/mol. The molecule has 0 aliphatic heterocycles. The van der Waals surface area contributed by atoms with E-state index in [1.165, 1.54) is 18.2 Å². The van der Waals surface area contributed by atoms with Gasteiger partial charge < -0.3 is 15.2 Å². The molecule has 150 valence electrons. The fourth-order valence-electron chi connectivity index (χ4n) is 2.92. The van der Waals surface area contributed by atoms with Gasteiger partial charge in [0.15, 0.2) is 0 Å². The number of carboxylic acid groups (broad SMARTS) is 1. The molecule has 3 rings (SSSR count). The number of allylic oxidation sites excluding steroid dienone is 3. The second kappa shape index (κ2) is 9.39. The number of hydrogen-bond acceptors (Lipinski definition) is 3. The third-order valence-corrected chi connectivity index (χ3v) is 4.42. The average molecular weight is 399 g/mol. The van der Waals surface area contributed by atoms with Crippen LogP contribution in [0.25, 0.3) is 10.8 Å². The molecule has 5 heteroatoms. The number of nitrogens with one attached hydrogen (secondary N) is 1. The SMILES string of the molecule is C=C/C=C(C(=O)O)\C(=C/C)NC(=O)c1ccc(Oc2ccc3ccccc3c2)cc1. The van der Waals surface area contributed by atoms with Gasteiger partial charge in [-0.3, -0.25) is 4.79 Å². The predicted molar refractivity (Wildman–Crippen MR) is 118 cm³/mol. The zero-order valence-electron chi connectivity index (χ0n) is 16.5. The van der Waals surface area contributed by atoms with Gasteiger partial charge in [-0.2, -0.15) is 0 Å². The van der Waals surface area contributed by atoms with Crippen LogP contribution in [0.5, 0.6) is 11.5 Å². The Morgan fingerprint density at radius 2 is 1.63 bits per heavy atom. The fourth-order valence-corrected chi connectivity index (χ4v) is 2.92. The standard InChI is InChI=1S/C25H21NO4/c1-3-7-22(25(28)29)23(4-2)26-24(27)18-11-13-20(14-12-18)30-21-15-10-17-8-5-6-9-19(17)16-21/h3-16H,1H2,2H3,(H,26,27)(H,28,29)/b22-7+,23-4+. The van der Waals surface area contributed by atoms with E-state index in [4.69, 9.17) is 4.74 Å². The van der Waals surface area contributed by atoms with Crippen LogP contribution >= 0.6 is 0 Å². The second-order valence-electron chi connectivity index (χ2n) is 6.41. The number of hydrogen-bond donors (Lipinski definition) is 2. The van der Waals surface area contributed by atoms with Crippen molar-refractivity contribution in [3.63, 3.8) is 0 Å². The number of ether oxygens (including phenoxy) is 1. The lowest BCUT2D eigenvalue weighted by atomic mass is 10.1. The van der Waals surface area contributed by atoms with Gasteiger partial charge in [0.05, 0.1) is 11.3 Å². The highest BCUT2D eigenvalue weighted by Crippen LogP contribution is 2.26. The van der Waals surface area contributed by atoms with Crippen LogP contribution in [0.15, 0.2) is 103 Å². The van der Waals surface area contributed by atoms with Crippen molar-refractivity contribution in [1.29, 1.82) is 0 Å². The molecule has 5 nitrogen and oxygen atoms in total. The van der Waals surface area contributed by atoms with E-state index in [1.807, 2.05) is 42.5 Å². The van der Waals surface area contributed by atoms with Crippen molar-refractivity contribution in [2.45, 2.75) is 6.92 Å². The van der Waals surface area contributed by atoms with Crippen molar-refractivity contribution in [2.75, 3.05) is 0 Å². The van der Waals surface area contributed by atoms with Gasteiger partial charge in [0, 0.05) is 5.56 Å². The first kappa shape index (κ1) is 20.6. The highest BCUT2D eigenvalue weighted by Gasteiger charge is 2.15. The van der Waals surface area contributed by atoms with Crippen molar-refractivity contribution in [3.05, 3.63) is 108 Å². The first-order valence-corrected chi connectivity index (χ1v) is 9.32. The maximum Gasteiger partial charge on any atom is 0.337 e. The van der Waals surface area contributed by atoms with Crippen molar-refractivity contribution >= 4 is 22.6 Å². The molecule has 30 heavy (non-hydrogen) atoms. The molecule has 0 aliphatic rings. The number of aliphatic carboxylic acids is 1. The molecule has 0 atom stereocenters. The summed E-state index contributed by atoms with van der Waals surface area (Å²) in [6, 6.07) is 20.5. The molecule has 0 saturated heterocycles. The average Bonchev–Trinajstić information content (AvgIpc) is 2.76. The highest BCUT2D eigenvalue weighted by atomic mass is 16.5. The van der Waals surface area contributed by atoms with Crippen LogP contribution < -0.4 is 10.1 Å². The summed E-state index contributed by atoms with van der Waals surface area (Å²) in [5.74, 6) is -0.285. The number of carboxylic acids is 1.